The van der Waals surface area contributed by atoms with Crippen LogP contribution in [0.1, 0.15) is 81.1 Å². The molecule has 4 bridgehead atoms. The van der Waals surface area contributed by atoms with Crippen molar-refractivity contribution in [2.75, 3.05) is 22.8 Å². The van der Waals surface area contributed by atoms with E-state index in [0.29, 0.717) is 12.1 Å². The Labute approximate surface area is 290 Å². The molecule has 4 heterocycles. The molecular weight excluding hydrogens is 637 g/mol. The van der Waals surface area contributed by atoms with E-state index < -0.39 is 16.1 Å². The summed E-state index contributed by atoms with van der Waals surface area (Å²) in [4.78, 5) is 32.8. The maximum absolute atomic E-state index is 14.6. The molecule has 2 aliphatic heterocycles. The van der Waals surface area contributed by atoms with Crippen molar-refractivity contribution >= 4 is 27.7 Å². The molecule has 49 heavy (non-hydrogen) atoms. The van der Waals surface area contributed by atoms with Gasteiger partial charge in [-0.3, -0.25) is 4.79 Å². The first-order valence-corrected chi connectivity index (χ1v) is 18.3. The summed E-state index contributed by atoms with van der Waals surface area (Å²) in [5.74, 6) is 0.672. The Kier molecular flexibility index (Phi) is 9.17. The lowest BCUT2D eigenvalue weighted by Crippen LogP contribution is -2.45. The summed E-state index contributed by atoms with van der Waals surface area (Å²) in [6, 6.07) is 19.3. The molecule has 0 radical (unpaired) electrons. The van der Waals surface area contributed by atoms with Crippen molar-refractivity contribution in [2.24, 2.45) is 5.41 Å². The normalized spacial score (nSPS) is 18.9. The van der Waals surface area contributed by atoms with Gasteiger partial charge in [0, 0.05) is 29.3 Å². The molecule has 1 fully saturated rings. The molecule has 0 saturated carbocycles. The number of fused-ring (bicyclic) bond motifs is 4. The van der Waals surface area contributed by atoms with Crippen molar-refractivity contribution in [2.45, 2.75) is 90.7 Å². The fraction of sp³-hybridized carbons (Fsp3) is 0.421. The van der Waals surface area contributed by atoms with Gasteiger partial charge in [0.05, 0.1) is 28.9 Å². The Morgan fingerprint density at radius 1 is 0.959 bits per heavy atom. The van der Waals surface area contributed by atoms with Gasteiger partial charge in [-0.1, -0.05) is 51.1 Å². The van der Waals surface area contributed by atoms with Crippen molar-refractivity contribution in [3.8, 4) is 17.1 Å². The standard InChI is InChI=1S/C38H46N6O4S/c1-25-12-8-13-26(2)34(25)31-21-33-41-36(40-31)42-49(46,47)30-16-9-14-27(20-30)35(45)43(29(24-48-33)22-37(3,4)5)23-28-15-10-17-32(39-28)44-19-11-18-38(44,6)7/h8-10,12-17,20-21,29H,11,18-19,22-24H2,1-7H3,(H,40,41,42)/t29-/m1/s1. The van der Waals surface area contributed by atoms with E-state index in [0.717, 1.165) is 47.6 Å². The van der Waals surface area contributed by atoms with E-state index in [9.17, 15) is 13.2 Å². The van der Waals surface area contributed by atoms with Crippen LogP contribution >= 0.6 is 0 Å². The van der Waals surface area contributed by atoms with E-state index in [1.165, 1.54) is 12.1 Å². The predicted molar refractivity (Wildman–Crippen MR) is 192 cm³/mol. The zero-order valence-corrected chi connectivity index (χ0v) is 30.3. The van der Waals surface area contributed by atoms with Gasteiger partial charge in [-0.15, -0.1) is 0 Å². The molecule has 11 heteroatoms. The number of nitrogens with zero attached hydrogens (tertiary/aromatic N) is 5. The summed E-state index contributed by atoms with van der Waals surface area (Å²) in [7, 11) is -4.17. The summed E-state index contributed by atoms with van der Waals surface area (Å²) in [5.41, 5.74) is 4.18. The second-order valence-corrected chi connectivity index (χ2v) is 16.7. The van der Waals surface area contributed by atoms with Crippen molar-refractivity contribution in [3.63, 3.8) is 0 Å². The van der Waals surface area contributed by atoms with Crippen LogP contribution in [0.5, 0.6) is 5.88 Å². The first kappa shape index (κ1) is 34.4. The zero-order valence-electron chi connectivity index (χ0n) is 29.4. The third-order valence-corrected chi connectivity index (χ3v) is 10.7. The number of rotatable bonds is 5. The fourth-order valence-electron chi connectivity index (χ4n) is 6.96. The lowest BCUT2D eigenvalue weighted by molar-refractivity contribution is 0.0509. The van der Waals surface area contributed by atoms with Crippen LogP contribution in [0.25, 0.3) is 11.3 Å². The highest BCUT2D eigenvalue weighted by Crippen LogP contribution is 2.34. The van der Waals surface area contributed by atoms with Gasteiger partial charge in [0.2, 0.25) is 11.8 Å². The fourth-order valence-corrected chi connectivity index (χ4v) is 7.95. The highest BCUT2D eigenvalue weighted by molar-refractivity contribution is 7.92. The molecule has 6 rings (SSSR count). The second kappa shape index (κ2) is 13.1. The van der Waals surface area contributed by atoms with Crippen LogP contribution in [0.2, 0.25) is 0 Å². The number of anilines is 2. The Bertz CT molecular complexity index is 1970. The largest absolute Gasteiger partial charge is 0.475 e. The third kappa shape index (κ3) is 7.56. The maximum Gasteiger partial charge on any atom is 0.264 e. The summed E-state index contributed by atoms with van der Waals surface area (Å²) < 4.78 is 36.4. The average Bonchev–Trinajstić information content (AvgIpc) is 3.39. The maximum atomic E-state index is 14.6. The van der Waals surface area contributed by atoms with E-state index in [1.54, 1.807) is 23.1 Å². The van der Waals surface area contributed by atoms with Gasteiger partial charge in [0.1, 0.15) is 12.4 Å². The monoisotopic (exact) mass is 682 g/mol. The van der Waals surface area contributed by atoms with Crippen molar-refractivity contribution in [1.82, 2.24) is 19.9 Å². The minimum absolute atomic E-state index is 0.0119. The van der Waals surface area contributed by atoms with Gasteiger partial charge in [-0.25, -0.2) is 23.1 Å². The molecular formula is C38H46N6O4S. The summed E-state index contributed by atoms with van der Waals surface area (Å²) in [6.45, 7) is 16.1. The molecule has 4 aromatic rings. The molecule has 1 amide bonds. The number of amides is 1. The summed E-state index contributed by atoms with van der Waals surface area (Å²) >= 11 is 0. The Balaban J connectivity index is 1.47. The third-order valence-electron chi connectivity index (χ3n) is 9.33. The molecule has 0 spiro atoms. The van der Waals surface area contributed by atoms with Gasteiger partial charge < -0.3 is 14.5 Å². The number of pyridine rings is 1. The first-order valence-electron chi connectivity index (χ1n) is 16.9. The summed E-state index contributed by atoms with van der Waals surface area (Å²) in [5, 5.41) is 0. The van der Waals surface area contributed by atoms with Crippen LogP contribution in [-0.2, 0) is 16.6 Å². The minimum atomic E-state index is -4.17. The number of ether oxygens (including phenoxy) is 1. The quantitative estimate of drug-likeness (QED) is 0.235. The van der Waals surface area contributed by atoms with Crippen molar-refractivity contribution in [3.05, 3.63) is 89.1 Å². The van der Waals surface area contributed by atoms with Gasteiger partial charge in [-0.2, -0.15) is 4.98 Å². The average molecular weight is 683 g/mol. The number of hydrogen-bond donors (Lipinski definition) is 1. The van der Waals surface area contributed by atoms with Gasteiger partial charge in [0.15, 0.2) is 0 Å². The number of nitrogens with one attached hydrogen (secondary N) is 1. The smallest absolute Gasteiger partial charge is 0.264 e. The first-order chi connectivity index (χ1) is 23.1. The lowest BCUT2D eigenvalue weighted by Gasteiger charge is -2.36. The molecule has 1 N–H and O–H groups in total. The number of carbonyl (C=O) groups is 1. The van der Waals surface area contributed by atoms with Gasteiger partial charge >= 0.3 is 0 Å². The Morgan fingerprint density at radius 2 is 1.67 bits per heavy atom. The molecule has 0 unspecified atom stereocenters. The predicted octanol–water partition coefficient (Wildman–Crippen LogP) is 7.17. The molecule has 10 nitrogen and oxygen atoms in total. The number of sulfonamides is 1. The van der Waals surface area contributed by atoms with E-state index >= 15 is 0 Å². The van der Waals surface area contributed by atoms with Crippen LogP contribution < -0.4 is 14.4 Å². The molecule has 2 aromatic heterocycles. The molecule has 258 valence electrons. The van der Waals surface area contributed by atoms with Gasteiger partial charge in [0.25, 0.3) is 15.9 Å². The highest BCUT2D eigenvalue weighted by atomic mass is 32.2. The topological polar surface area (TPSA) is 118 Å². The number of benzene rings is 2. The zero-order chi connectivity index (χ0) is 35.1. The van der Waals surface area contributed by atoms with Crippen LogP contribution in [0, 0.1) is 19.3 Å². The van der Waals surface area contributed by atoms with Crippen LogP contribution in [0.3, 0.4) is 0 Å². The van der Waals surface area contributed by atoms with Gasteiger partial charge in [-0.05, 0) is 93.8 Å². The molecule has 2 aliphatic rings. The Hall–Kier alpha value is -4.51. The van der Waals surface area contributed by atoms with E-state index in [4.69, 9.17) is 9.72 Å². The van der Waals surface area contributed by atoms with Crippen molar-refractivity contribution in [1.29, 1.82) is 0 Å². The summed E-state index contributed by atoms with van der Waals surface area (Å²) in [6.07, 6.45) is 2.78. The minimum Gasteiger partial charge on any atom is -0.475 e. The number of carbonyl (C=O) groups excluding carboxylic acids is 1. The lowest BCUT2D eigenvalue weighted by atomic mass is 9.87. The number of hydrogen-bond acceptors (Lipinski definition) is 8. The van der Waals surface area contributed by atoms with E-state index in [1.807, 2.05) is 50.2 Å². The molecule has 1 saturated heterocycles. The molecule has 1 atom stereocenters. The Morgan fingerprint density at radius 3 is 2.37 bits per heavy atom. The van der Waals surface area contributed by atoms with E-state index in [-0.39, 0.29) is 52.3 Å². The van der Waals surface area contributed by atoms with Crippen LogP contribution in [0.4, 0.5) is 11.8 Å². The number of aromatic nitrogens is 3. The second-order valence-electron chi connectivity index (χ2n) is 15.0. The van der Waals surface area contributed by atoms with E-state index in [2.05, 4.69) is 54.2 Å². The highest BCUT2D eigenvalue weighted by Gasteiger charge is 2.34. The molecule has 0 aliphatic carbocycles. The molecule has 2 aromatic carbocycles. The van der Waals surface area contributed by atoms with Crippen LogP contribution in [-0.4, -0.2) is 58.9 Å². The van der Waals surface area contributed by atoms with Crippen LogP contribution in [0.15, 0.2) is 71.6 Å². The SMILES string of the molecule is Cc1cccc(C)c1-c1cc2nc(n1)NS(=O)(=O)c1cccc(c1)C(=O)N(Cc1cccc(N3CCCC3(C)C)n1)[C@H](CC(C)(C)C)CO2. The van der Waals surface area contributed by atoms with Crippen molar-refractivity contribution < 1.29 is 17.9 Å². The number of aryl methyl sites for hydroxylation is 2.